The van der Waals surface area contributed by atoms with Gasteiger partial charge in [0.1, 0.15) is 6.10 Å². The van der Waals surface area contributed by atoms with Crippen molar-refractivity contribution in [3.05, 3.63) is 11.1 Å². The summed E-state index contributed by atoms with van der Waals surface area (Å²) in [5.74, 6) is -1.03. The van der Waals surface area contributed by atoms with Crippen LogP contribution in [0.5, 0.6) is 0 Å². The molecule has 0 aliphatic heterocycles. The number of carbonyl (C=O) groups is 2. The first-order chi connectivity index (χ1) is 10.8. The molecule has 1 N–H and O–H groups in total. The van der Waals surface area contributed by atoms with Gasteiger partial charge in [0.2, 0.25) is 0 Å². The molecule has 0 saturated carbocycles. The molecular formula is C19H34O4. The maximum Gasteiger partial charge on any atom is 0.334 e. The van der Waals surface area contributed by atoms with Crippen LogP contribution in [0.1, 0.15) is 80.1 Å². The summed E-state index contributed by atoms with van der Waals surface area (Å²) >= 11 is 0. The zero-order valence-corrected chi connectivity index (χ0v) is 15.6. The van der Waals surface area contributed by atoms with Crippen molar-refractivity contribution >= 4 is 11.9 Å². The van der Waals surface area contributed by atoms with Gasteiger partial charge in [-0.15, -0.1) is 0 Å². The lowest BCUT2D eigenvalue weighted by molar-refractivity contribution is -0.150. The van der Waals surface area contributed by atoms with Gasteiger partial charge < -0.3 is 9.84 Å². The van der Waals surface area contributed by atoms with E-state index in [0.29, 0.717) is 18.4 Å². The highest BCUT2D eigenvalue weighted by atomic mass is 16.5. The minimum atomic E-state index is -0.993. The molecule has 0 spiro atoms. The quantitative estimate of drug-likeness (QED) is 0.430. The summed E-state index contributed by atoms with van der Waals surface area (Å²) in [6.07, 6.45) is 4.07. The minimum absolute atomic E-state index is 0.194. The van der Waals surface area contributed by atoms with Crippen LogP contribution in [0.3, 0.4) is 0 Å². The predicted molar refractivity (Wildman–Crippen MR) is 93.3 cm³/mol. The Morgan fingerprint density at radius 2 is 1.30 bits per heavy atom. The third-order valence-electron chi connectivity index (χ3n) is 3.99. The number of unbranched alkanes of at least 4 members (excludes halogenated alkanes) is 2. The predicted octanol–water partition coefficient (Wildman–Crippen LogP) is 4.97. The van der Waals surface area contributed by atoms with E-state index in [1.807, 2.05) is 41.5 Å². The third-order valence-corrected chi connectivity index (χ3v) is 3.99. The molecule has 4 nitrogen and oxygen atoms in total. The maximum atomic E-state index is 12.6. The number of carboxylic acids is 1. The van der Waals surface area contributed by atoms with Crippen LogP contribution in [0.4, 0.5) is 0 Å². The van der Waals surface area contributed by atoms with Crippen molar-refractivity contribution in [2.45, 2.75) is 86.2 Å². The lowest BCUT2D eigenvalue weighted by Gasteiger charge is -2.26. The number of aliphatic carboxylic acids is 1. The van der Waals surface area contributed by atoms with Gasteiger partial charge in [-0.3, -0.25) is 0 Å². The fourth-order valence-corrected chi connectivity index (χ4v) is 2.71. The largest absolute Gasteiger partial charge is 0.478 e. The van der Waals surface area contributed by atoms with Crippen molar-refractivity contribution in [1.82, 2.24) is 0 Å². The molecule has 0 aromatic rings. The lowest BCUT2D eigenvalue weighted by Crippen LogP contribution is -2.30. The first-order valence-corrected chi connectivity index (χ1v) is 8.92. The van der Waals surface area contributed by atoms with Crippen molar-refractivity contribution in [2.75, 3.05) is 0 Å². The van der Waals surface area contributed by atoms with Crippen LogP contribution in [0.25, 0.3) is 0 Å². The molecule has 0 fully saturated rings. The zero-order chi connectivity index (χ0) is 18.0. The number of ether oxygens (including phenoxy) is 1. The minimum Gasteiger partial charge on any atom is -0.478 e. The van der Waals surface area contributed by atoms with Gasteiger partial charge in [0, 0.05) is 11.1 Å². The normalized spacial score (nSPS) is 12.7. The molecule has 4 heteroatoms. The second-order valence-electron chi connectivity index (χ2n) is 6.83. The van der Waals surface area contributed by atoms with Gasteiger partial charge >= 0.3 is 11.9 Å². The van der Waals surface area contributed by atoms with Crippen LogP contribution in [0.15, 0.2) is 11.1 Å². The molecule has 0 amide bonds. The Bertz CT molecular complexity index is 400. The van der Waals surface area contributed by atoms with Crippen molar-refractivity contribution in [1.29, 1.82) is 0 Å². The van der Waals surface area contributed by atoms with Crippen LogP contribution < -0.4 is 0 Å². The fraction of sp³-hybridized carbons (Fsp3) is 0.789. The summed E-state index contributed by atoms with van der Waals surface area (Å²) in [6.45, 7) is 12.1. The Morgan fingerprint density at radius 3 is 1.65 bits per heavy atom. The van der Waals surface area contributed by atoms with Gasteiger partial charge in [-0.2, -0.15) is 0 Å². The van der Waals surface area contributed by atoms with E-state index in [1.165, 1.54) is 0 Å². The Hall–Kier alpha value is -1.32. The molecule has 0 bridgehead atoms. The monoisotopic (exact) mass is 326 g/mol. The highest BCUT2D eigenvalue weighted by molar-refractivity contribution is 5.99. The number of carboxylic acid groups (broad SMARTS) is 1. The molecule has 0 heterocycles. The first-order valence-electron chi connectivity index (χ1n) is 8.92. The Labute approximate surface area is 141 Å². The summed E-state index contributed by atoms with van der Waals surface area (Å²) in [5, 5.41) is 9.51. The highest BCUT2D eigenvalue weighted by Crippen LogP contribution is 2.23. The Balaban J connectivity index is 5.48. The van der Waals surface area contributed by atoms with E-state index in [0.717, 1.165) is 25.7 Å². The topological polar surface area (TPSA) is 63.6 Å². The molecular weight excluding hydrogens is 292 g/mol. The van der Waals surface area contributed by atoms with Crippen LogP contribution in [0, 0.1) is 11.8 Å². The molecule has 0 unspecified atom stereocenters. The van der Waals surface area contributed by atoms with Crippen molar-refractivity contribution < 1.29 is 19.4 Å². The molecule has 0 atom stereocenters. The van der Waals surface area contributed by atoms with Crippen molar-refractivity contribution in [2.24, 2.45) is 11.8 Å². The molecule has 23 heavy (non-hydrogen) atoms. The van der Waals surface area contributed by atoms with E-state index in [9.17, 15) is 14.7 Å². The Kier molecular flexibility index (Phi) is 10.6. The van der Waals surface area contributed by atoms with Gasteiger partial charge in [-0.25, -0.2) is 9.59 Å². The molecule has 0 saturated heterocycles. The highest BCUT2D eigenvalue weighted by Gasteiger charge is 2.26. The van der Waals surface area contributed by atoms with E-state index < -0.39 is 11.9 Å². The number of rotatable bonds is 11. The third kappa shape index (κ3) is 7.67. The summed E-state index contributed by atoms with van der Waals surface area (Å²) in [4.78, 5) is 24.2. The van der Waals surface area contributed by atoms with Crippen LogP contribution in [-0.2, 0) is 14.3 Å². The van der Waals surface area contributed by atoms with Crippen LogP contribution in [-0.4, -0.2) is 23.1 Å². The van der Waals surface area contributed by atoms with E-state index in [2.05, 4.69) is 0 Å². The number of carbonyl (C=O) groups excluding carboxylic acids is 1. The summed E-state index contributed by atoms with van der Waals surface area (Å²) in [6, 6.07) is 0. The molecule has 0 rings (SSSR count). The average molecular weight is 326 g/mol. The Morgan fingerprint density at radius 1 is 0.870 bits per heavy atom. The second kappa shape index (κ2) is 11.3. The van der Waals surface area contributed by atoms with Gasteiger partial charge in [-0.05, 0) is 37.5 Å². The summed E-state index contributed by atoms with van der Waals surface area (Å²) in [5.41, 5.74) is 0.593. The number of hydrogen-bond acceptors (Lipinski definition) is 3. The number of hydrogen-bond donors (Lipinski definition) is 1. The average Bonchev–Trinajstić information content (AvgIpc) is 2.46. The van der Waals surface area contributed by atoms with Crippen LogP contribution in [0.2, 0.25) is 0 Å². The van der Waals surface area contributed by atoms with Gasteiger partial charge in [0.25, 0.3) is 0 Å². The van der Waals surface area contributed by atoms with Crippen LogP contribution >= 0.6 is 0 Å². The smallest absolute Gasteiger partial charge is 0.334 e. The number of esters is 1. The molecule has 0 aromatic carbocycles. The van der Waals surface area contributed by atoms with E-state index in [-0.39, 0.29) is 23.5 Å². The molecule has 0 aromatic heterocycles. The van der Waals surface area contributed by atoms with Crippen molar-refractivity contribution in [3.8, 4) is 0 Å². The molecule has 0 aliphatic carbocycles. The summed E-state index contributed by atoms with van der Waals surface area (Å²) < 4.78 is 5.68. The van der Waals surface area contributed by atoms with E-state index >= 15 is 0 Å². The first kappa shape index (κ1) is 21.7. The maximum absolute atomic E-state index is 12.6. The fourth-order valence-electron chi connectivity index (χ4n) is 2.71. The van der Waals surface area contributed by atoms with Gasteiger partial charge in [0.05, 0.1) is 0 Å². The zero-order valence-electron chi connectivity index (χ0n) is 15.6. The second-order valence-corrected chi connectivity index (χ2v) is 6.83. The van der Waals surface area contributed by atoms with Gasteiger partial charge in [-0.1, -0.05) is 54.4 Å². The molecule has 0 radical (unpaired) electrons. The lowest BCUT2D eigenvalue weighted by atomic mass is 9.95. The molecule has 0 aliphatic rings. The van der Waals surface area contributed by atoms with Crippen molar-refractivity contribution in [3.63, 3.8) is 0 Å². The summed E-state index contributed by atoms with van der Waals surface area (Å²) in [7, 11) is 0. The SMILES string of the molecule is CCCC/C(C(=O)O)=C(\CCCC)C(=O)OC(C(C)C)C(C)C. The standard InChI is InChI=1S/C19H34O4/c1-7-9-11-15(18(20)21)16(12-10-8-2)19(22)23-17(13(3)4)14(5)6/h13-14,17H,7-12H2,1-6H3,(H,20,21)/b16-15-. The van der Waals surface area contributed by atoms with E-state index in [4.69, 9.17) is 4.74 Å². The van der Waals surface area contributed by atoms with Gasteiger partial charge in [0.15, 0.2) is 0 Å². The molecule has 134 valence electrons. The van der Waals surface area contributed by atoms with E-state index in [1.54, 1.807) is 0 Å².